The van der Waals surface area contributed by atoms with Crippen molar-refractivity contribution < 1.29 is 13.2 Å². The van der Waals surface area contributed by atoms with Crippen molar-refractivity contribution in [2.24, 2.45) is 0 Å². The van der Waals surface area contributed by atoms with Gasteiger partial charge in [0.1, 0.15) is 5.15 Å². The van der Waals surface area contributed by atoms with Crippen molar-refractivity contribution in [3.8, 4) is 0 Å². The summed E-state index contributed by atoms with van der Waals surface area (Å²) in [5, 5.41) is 7.63. The third-order valence-corrected chi connectivity index (χ3v) is 6.71. The Bertz CT molecular complexity index is 978. The summed E-state index contributed by atoms with van der Waals surface area (Å²) in [6, 6.07) is 7.80. The maximum Gasteiger partial charge on any atom is 0.244 e. The first-order valence-corrected chi connectivity index (χ1v) is 10.9. The first-order valence-electron chi connectivity index (χ1n) is 8.71. The minimum Gasteiger partial charge on any atom is -0.349 e. The van der Waals surface area contributed by atoms with Crippen LogP contribution in [0.3, 0.4) is 0 Å². The van der Waals surface area contributed by atoms with Crippen molar-refractivity contribution in [3.05, 3.63) is 57.9 Å². The normalized spacial score (nSPS) is 18.9. The van der Waals surface area contributed by atoms with Crippen LogP contribution in [0, 0.1) is 13.8 Å². The van der Waals surface area contributed by atoms with Gasteiger partial charge in [0.15, 0.2) is 9.84 Å². The van der Waals surface area contributed by atoms with E-state index in [0.717, 1.165) is 11.3 Å². The molecule has 0 radical (unpaired) electrons. The Labute approximate surface area is 164 Å². The molecule has 0 bridgehead atoms. The van der Waals surface area contributed by atoms with Gasteiger partial charge in [0, 0.05) is 17.7 Å². The third-order valence-electron chi connectivity index (χ3n) is 4.54. The molecule has 144 valence electrons. The highest BCUT2D eigenvalue weighted by molar-refractivity contribution is 7.91. The lowest BCUT2D eigenvalue weighted by molar-refractivity contribution is -0.116. The molecule has 1 aliphatic heterocycles. The molecular weight excluding hydrogens is 386 g/mol. The van der Waals surface area contributed by atoms with E-state index in [9.17, 15) is 13.2 Å². The number of nitrogens with one attached hydrogen (secondary N) is 1. The lowest BCUT2D eigenvalue weighted by Gasteiger charge is -2.07. The number of aryl methyl sites for hydroxylation is 2. The van der Waals surface area contributed by atoms with Gasteiger partial charge in [-0.3, -0.25) is 4.79 Å². The van der Waals surface area contributed by atoms with E-state index in [1.165, 1.54) is 11.6 Å². The number of rotatable bonds is 5. The van der Waals surface area contributed by atoms with Gasteiger partial charge in [-0.05, 0) is 31.9 Å². The summed E-state index contributed by atoms with van der Waals surface area (Å²) in [5.41, 5.74) is 3.67. The molecule has 1 amide bonds. The molecule has 0 saturated carbocycles. The van der Waals surface area contributed by atoms with E-state index in [1.807, 2.05) is 38.1 Å². The Morgan fingerprint density at radius 3 is 2.67 bits per heavy atom. The third kappa shape index (κ3) is 4.99. The predicted octanol–water partition coefficient (Wildman–Crippen LogP) is 2.52. The van der Waals surface area contributed by atoms with E-state index in [2.05, 4.69) is 10.4 Å². The number of carbonyl (C=O) groups excluding carboxylic acids is 1. The number of amides is 1. The summed E-state index contributed by atoms with van der Waals surface area (Å²) in [6.45, 7) is 4.41. The fourth-order valence-corrected chi connectivity index (χ4v) is 5.02. The van der Waals surface area contributed by atoms with Gasteiger partial charge < -0.3 is 5.32 Å². The zero-order valence-corrected chi connectivity index (χ0v) is 16.8. The van der Waals surface area contributed by atoms with Crippen LogP contribution in [0.5, 0.6) is 0 Å². The van der Waals surface area contributed by atoms with E-state index in [4.69, 9.17) is 11.6 Å². The lowest BCUT2D eigenvalue weighted by atomic mass is 10.1. The molecule has 27 heavy (non-hydrogen) atoms. The van der Waals surface area contributed by atoms with Crippen LogP contribution >= 0.6 is 11.6 Å². The number of carbonyl (C=O) groups is 1. The largest absolute Gasteiger partial charge is 0.349 e. The van der Waals surface area contributed by atoms with Crippen LogP contribution in [0.2, 0.25) is 5.15 Å². The molecule has 1 aromatic carbocycles. The minimum atomic E-state index is -3.02. The van der Waals surface area contributed by atoms with Crippen molar-refractivity contribution in [1.82, 2.24) is 15.1 Å². The highest BCUT2D eigenvalue weighted by atomic mass is 35.5. The van der Waals surface area contributed by atoms with Gasteiger partial charge in [-0.15, -0.1) is 0 Å². The van der Waals surface area contributed by atoms with Gasteiger partial charge >= 0.3 is 0 Å². The van der Waals surface area contributed by atoms with Gasteiger partial charge in [0.05, 0.1) is 23.7 Å². The number of aromatic nitrogens is 2. The van der Waals surface area contributed by atoms with Gasteiger partial charge in [-0.2, -0.15) is 5.10 Å². The smallest absolute Gasteiger partial charge is 0.244 e. The lowest BCUT2D eigenvalue weighted by Crippen LogP contribution is -2.34. The van der Waals surface area contributed by atoms with Crippen LogP contribution in [0.4, 0.5) is 0 Å². The fraction of sp³-hybridized carbons (Fsp3) is 0.368. The molecule has 1 unspecified atom stereocenters. The second-order valence-corrected chi connectivity index (χ2v) is 9.46. The standard InChI is InChI=1S/C19H22ClN3O3S/c1-13-3-5-15(6-4-13)11-23-19(20)17(14(2)22-23)7-8-18(24)21-16-9-10-27(25,26)12-16/h3-8,16H,9-12H2,1-2H3,(H,21,24). The molecule has 0 aliphatic carbocycles. The molecule has 1 N–H and O–H groups in total. The first kappa shape index (κ1) is 19.6. The number of nitrogens with zero attached hydrogens (tertiary/aromatic N) is 2. The molecule has 1 aromatic heterocycles. The van der Waals surface area contributed by atoms with E-state index >= 15 is 0 Å². The van der Waals surface area contributed by atoms with Gasteiger partial charge in [0.25, 0.3) is 0 Å². The van der Waals surface area contributed by atoms with Gasteiger partial charge in [0.2, 0.25) is 5.91 Å². The minimum absolute atomic E-state index is 0.000840. The highest BCUT2D eigenvalue weighted by Gasteiger charge is 2.28. The van der Waals surface area contributed by atoms with Crippen molar-refractivity contribution in [2.75, 3.05) is 11.5 Å². The maximum absolute atomic E-state index is 12.1. The monoisotopic (exact) mass is 407 g/mol. The number of hydrogen-bond donors (Lipinski definition) is 1. The summed E-state index contributed by atoms with van der Waals surface area (Å²) in [6.07, 6.45) is 3.45. The Hall–Kier alpha value is -2.12. The van der Waals surface area contributed by atoms with Crippen molar-refractivity contribution in [3.63, 3.8) is 0 Å². The molecule has 2 heterocycles. The molecule has 1 aliphatic rings. The van der Waals surface area contributed by atoms with Crippen LogP contribution in [0.25, 0.3) is 6.08 Å². The first-order chi connectivity index (χ1) is 12.7. The molecule has 2 aromatic rings. The van der Waals surface area contributed by atoms with E-state index in [1.54, 1.807) is 10.8 Å². The zero-order chi connectivity index (χ0) is 19.6. The molecule has 8 heteroatoms. The molecule has 0 spiro atoms. The van der Waals surface area contributed by atoms with Crippen molar-refractivity contribution >= 4 is 33.4 Å². The Morgan fingerprint density at radius 2 is 2.04 bits per heavy atom. The SMILES string of the molecule is Cc1ccc(Cn2nc(C)c(C=CC(=O)NC3CCS(=O)(=O)C3)c2Cl)cc1. The molecule has 1 saturated heterocycles. The zero-order valence-electron chi connectivity index (χ0n) is 15.3. The summed E-state index contributed by atoms with van der Waals surface area (Å²) in [5.74, 6) is -0.210. The molecule has 3 rings (SSSR count). The van der Waals surface area contributed by atoms with Crippen LogP contribution in [0.15, 0.2) is 30.3 Å². The van der Waals surface area contributed by atoms with Crippen molar-refractivity contribution in [2.45, 2.75) is 32.9 Å². The number of sulfone groups is 1. The number of halogens is 1. The molecular formula is C19H22ClN3O3S. The van der Waals surface area contributed by atoms with E-state index < -0.39 is 9.84 Å². The quantitative estimate of drug-likeness (QED) is 0.772. The Morgan fingerprint density at radius 1 is 1.33 bits per heavy atom. The summed E-state index contributed by atoms with van der Waals surface area (Å²) in [7, 11) is -3.02. The average molecular weight is 408 g/mol. The van der Waals surface area contributed by atoms with Gasteiger partial charge in [-0.1, -0.05) is 41.4 Å². The van der Waals surface area contributed by atoms with E-state index in [0.29, 0.717) is 23.7 Å². The second-order valence-electron chi connectivity index (χ2n) is 6.88. The molecule has 1 atom stereocenters. The summed E-state index contributed by atoms with van der Waals surface area (Å²) in [4.78, 5) is 12.1. The van der Waals surface area contributed by atoms with E-state index in [-0.39, 0.29) is 23.5 Å². The molecule has 1 fully saturated rings. The van der Waals surface area contributed by atoms with Gasteiger partial charge in [-0.25, -0.2) is 13.1 Å². The Kier molecular flexibility index (Phi) is 5.72. The van der Waals surface area contributed by atoms with Crippen LogP contribution in [-0.2, 0) is 21.2 Å². The van der Waals surface area contributed by atoms with Crippen LogP contribution < -0.4 is 5.32 Å². The topological polar surface area (TPSA) is 81.1 Å². The van der Waals surface area contributed by atoms with Crippen LogP contribution in [0.1, 0.15) is 28.8 Å². The summed E-state index contributed by atoms with van der Waals surface area (Å²) < 4.78 is 24.6. The van der Waals surface area contributed by atoms with Crippen molar-refractivity contribution in [1.29, 1.82) is 0 Å². The predicted molar refractivity (Wildman–Crippen MR) is 106 cm³/mol. The van der Waals surface area contributed by atoms with Crippen LogP contribution in [-0.4, -0.2) is 41.7 Å². The average Bonchev–Trinajstić information content (AvgIpc) is 3.07. The fourth-order valence-electron chi connectivity index (χ4n) is 3.04. The highest BCUT2D eigenvalue weighted by Crippen LogP contribution is 2.22. The molecule has 6 nitrogen and oxygen atoms in total. The Balaban J connectivity index is 1.68. The number of benzene rings is 1. The maximum atomic E-state index is 12.1. The number of hydrogen-bond acceptors (Lipinski definition) is 4. The summed E-state index contributed by atoms with van der Waals surface area (Å²) >= 11 is 6.44. The second kappa shape index (κ2) is 7.86.